The molecular weight excluding hydrogens is 192 g/mol. The van der Waals surface area contributed by atoms with Crippen LogP contribution in [0, 0.1) is 5.92 Å². The van der Waals surface area contributed by atoms with Gasteiger partial charge in [-0.2, -0.15) is 0 Å². The standard InChI is InChI=1S/C12H18O3/c1-3-14-11-4-6-12(7-5-11)15-9-10(2)8-13/h4-7,10,13H,3,8-9H2,1-2H3. The Hall–Kier alpha value is -1.22. The van der Waals surface area contributed by atoms with Gasteiger partial charge in [0.15, 0.2) is 0 Å². The van der Waals surface area contributed by atoms with E-state index in [0.717, 1.165) is 11.5 Å². The largest absolute Gasteiger partial charge is 0.494 e. The summed E-state index contributed by atoms with van der Waals surface area (Å²) in [5, 5.41) is 8.83. The molecule has 84 valence electrons. The van der Waals surface area contributed by atoms with Crippen LogP contribution in [0.2, 0.25) is 0 Å². The summed E-state index contributed by atoms with van der Waals surface area (Å²) in [5.74, 6) is 1.82. The first kappa shape index (κ1) is 11.9. The zero-order chi connectivity index (χ0) is 11.1. The molecule has 1 aromatic carbocycles. The Kier molecular flexibility index (Phi) is 4.98. The molecule has 1 unspecified atom stereocenters. The molecular formula is C12H18O3. The fourth-order valence-corrected chi connectivity index (χ4v) is 1.09. The lowest BCUT2D eigenvalue weighted by Crippen LogP contribution is -2.11. The van der Waals surface area contributed by atoms with Crippen LogP contribution in [-0.2, 0) is 0 Å². The molecule has 1 rings (SSSR count). The van der Waals surface area contributed by atoms with Gasteiger partial charge in [-0.3, -0.25) is 0 Å². The van der Waals surface area contributed by atoms with E-state index in [2.05, 4.69) is 0 Å². The van der Waals surface area contributed by atoms with Gasteiger partial charge in [-0.05, 0) is 31.2 Å². The van der Waals surface area contributed by atoms with Crippen molar-refractivity contribution in [3.63, 3.8) is 0 Å². The molecule has 0 saturated carbocycles. The summed E-state index contributed by atoms with van der Waals surface area (Å²) in [6.45, 7) is 5.24. The summed E-state index contributed by atoms with van der Waals surface area (Å²) in [4.78, 5) is 0. The second-order valence-electron chi connectivity index (χ2n) is 3.50. The van der Waals surface area contributed by atoms with Crippen LogP contribution in [-0.4, -0.2) is 24.9 Å². The van der Waals surface area contributed by atoms with E-state index >= 15 is 0 Å². The lowest BCUT2D eigenvalue weighted by molar-refractivity contribution is 0.174. The molecule has 1 N–H and O–H groups in total. The van der Waals surface area contributed by atoms with Gasteiger partial charge in [0.2, 0.25) is 0 Å². The van der Waals surface area contributed by atoms with Gasteiger partial charge in [0, 0.05) is 12.5 Å². The Morgan fingerprint density at radius 2 is 1.67 bits per heavy atom. The van der Waals surface area contributed by atoms with Gasteiger partial charge >= 0.3 is 0 Å². The number of benzene rings is 1. The molecule has 3 nitrogen and oxygen atoms in total. The zero-order valence-corrected chi connectivity index (χ0v) is 9.27. The van der Waals surface area contributed by atoms with Gasteiger partial charge in [-0.15, -0.1) is 0 Å². The van der Waals surface area contributed by atoms with Crippen LogP contribution < -0.4 is 9.47 Å². The zero-order valence-electron chi connectivity index (χ0n) is 9.27. The second-order valence-corrected chi connectivity index (χ2v) is 3.50. The topological polar surface area (TPSA) is 38.7 Å². The fourth-order valence-electron chi connectivity index (χ4n) is 1.09. The molecule has 0 radical (unpaired) electrons. The minimum atomic E-state index is 0.150. The summed E-state index contributed by atoms with van der Waals surface area (Å²) in [6.07, 6.45) is 0. The van der Waals surface area contributed by atoms with Gasteiger partial charge in [0.05, 0.1) is 13.2 Å². The third-order valence-electron chi connectivity index (χ3n) is 1.98. The van der Waals surface area contributed by atoms with Crippen molar-refractivity contribution in [3.05, 3.63) is 24.3 Å². The van der Waals surface area contributed by atoms with Crippen molar-refractivity contribution >= 4 is 0 Å². The minimum Gasteiger partial charge on any atom is -0.494 e. The Bertz CT molecular complexity index is 269. The van der Waals surface area contributed by atoms with Crippen molar-refractivity contribution in [3.8, 4) is 11.5 Å². The van der Waals surface area contributed by atoms with E-state index in [1.165, 1.54) is 0 Å². The van der Waals surface area contributed by atoms with E-state index in [4.69, 9.17) is 14.6 Å². The van der Waals surface area contributed by atoms with Gasteiger partial charge in [0.25, 0.3) is 0 Å². The van der Waals surface area contributed by atoms with Crippen molar-refractivity contribution in [2.45, 2.75) is 13.8 Å². The predicted octanol–water partition coefficient (Wildman–Crippen LogP) is 2.09. The second kappa shape index (κ2) is 6.30. The van der Waals surface area contributed by atoms with Crippen molar-refractivity contribution in [2.24, 2.45) is 5.92 Å². The Balaban J connectivity index is 2.42. The lowest BCUT2D eigenvalue weighted by atomic mass is 10.2. The summed E-state index contributed by atoms with van der Waals surface area (Å²) >= 11 is 0. The molecule has 0 aliphatic heterocycles. The SMILES string of the molecule is CCOc1ccc(OCC(C)CO)cc1. The normalized spacial score (nSPS) is 12.2. The van der Waals surface area contributed by atoms with Crippen LogP contribution in [0.15, 0.2) is 24.3 Å². The maximum Gasteiger partial charge on any atom is 0.119 e. The van der Waals surface area contributed by atoms with Gasteiger partial charge < -0.3 is 14.6 Å². The van der Waals surface area contributed by atoms with E-state index in [9.17, 15) is 0 Å². The first-order chi connectivity index (χ1) is 7.26. The number of rotatable bonds is 6. The molecule has 3 heteroatoms. The maximum atomic E-state index is 8.83. The van der Waals surface area contributed by atoms with Gasteiger partial charge in [0.1, 0.15) is 11.5 Å². The van der Waals surface area contributed by atoms with E-state index < -0.39 is 0 Å². The minimum absolute atomic E-state index is 0.150. The monoisotopic (exact) mass is 210 g/mol. The van der Waals surface area contributed by atoms with Crippen LogP contribution in [0.5, 0.6) is 11.5 Å². The highest BCUT2D eigenvalue weighted by molar-refractivity contribution is 5.31. The van der Waals surface area contributed by atoms with Crippen LogP contribution >= 0.6 is 0 Å². The van der Waals surface area contributed by atoms with Gasteiger partial charge in [-0.25, -0.2) is 0 Å². The van der Waals surface area contributed by atoms with E-state index in [1.54, 1.807) is 0 Å². The number of hydrogen-bond donors (Lipinski definition) is 1. The molecule has 0 fully saturated rings. The van der Waals surface area contributed by atoms with Crippen molar-refractivity contribution < 1.29 is 14.6 Å². The molecule has 0 aromatic heterocycles. The number of ether oxygens (including phenoxy) is 2. The van der Waals surface area contributed by atoms with E-state index in [1.807, 2.05) is 38.1 Å². The molecule has 0 saturated heterocycles. The van der Waals surface area contributed by atoms with Crippen molar-refractivity contribution in [1.29, 1.82) is 0 Å². The molecule has 0 spiro atoms. The smallest absolute Gasteiger partial charge is 0.119 e. The van der Waals surface area contributed by atoms with Crippen LogP contribution in [0.4, 0.5) is 0 Å². The molecule has 0 aliphatic carbocycles. The molecule has 0 amide bonds. The molecule has 0 bridgehead atoms. The van der Waals surface area contributed by atoms with Crippen LogP contribution in [0.25, 0.3) is 0 Å². The summed E-state index contributed by atoms with van der Waals surface area (Å²) in [6, 6.07) is 7.50. The number of aliphatic hydroxyl groups is 1. The van der Waals surface area contributed by atoms with Crippen LogP contribution in [0.3, 0.4) is 0 Å². The van der Waals surface area contributed by atoms with Crippen molar-refractivity contribution in [1.82, 2.24) is 0 Å². The third kappa shape index (κ3) is 4.21. The molecule has 1 aromatic rings. The Morgan fingerprint density at radius 1 is 1.13 bits per heavy atom. The Labute approximate surface area is 90.6 Å². The van der Waals surface area contributed by atoms with E-state index in [0.29, 0.717) is 13.2 Å². The fraction of sp³-hybridized carbons (Fsp3) is 0.500. The number of aliphatic hydroxyl groups excluding tert-OH is 1. The first-order valence-corrected chi connectivity index (χ1v) is 5.22. The molecule has 0 aliphatic rings. The average molecular weight is 210 g/mol. The highest BCUT2D eigenvalue weighted by atomic mass is 16.5. The quantitative estimate of drug-likeness (QED) is 0.781. The maximum absolute atomic E-state index is 8.83. The van der Waals surface area contributed by atoms with Gasteiger partial charge in [-0.1, -0.05) is 6.92 Å². The predicted molar refractivity (Wildman–Crippen MR) is 59.4 cm³/mol. The molecule has 0 heterocycles. The highest BCUT2D eigenvalue weighted by Crippen LogP contribution is 2.17. The number of hydrogen-bond acceptors (Lipinski definition) is 3. The van der Waals surface area contributed by atoms with Crippen LogP contribution in [0.1, 0.15) is 13.8 Å². The van der Waals surface area contributed by atoms with E-state index in [-0.39, 0.29) is 12.5 Å². The average Bonchev–Trinajstić information content (AvgIpc) is 2.28. The molecule has 1 atom stereocenters. The summed E-state index contributed by atoms with van der Waals surface area (Å²) < 4.78 is 10.8. The van der Waals surface area contributed by atoms with Crippen molar-refractivity contribution in [2.75, 3.05) is 19.8 Å². The summed E-state index contributed by atoms with van der Waals surface area (Å²) in [7, 11) is 0. The lowest BCUT2D eigenvalue weighted by Gasteiger charge is -2.10. The Morgan fingerprint density at radius 3 is 2.13 bits per heavy atom. The molecule has 15 heavy (non-hydrogen) atoms. The third-order valence-corrected chi connectivity index (χ3v) is 1.98. The highest BCUT2D eigenvalue weighted by Gasteiger charge is 2.01. The first-order valence-electron chi connectivity index (χ1n) is 5.22. The summed E-state index contributed by atoms with van der Waals surface area (Å²) in [5.41, 5.74) is 0.